The molecule has 178 valence electrons. The molecule has 0 fully saturated rings. The van der Waals surface area contributed by atoms with Gasteiger partial charge in [-0.2, -0.15) is 5.10 Å². The van der Waals surface area contributed by atoms with Crippen LogP contribution in [0.5, 0.6) is 0 Å². The Balaban J connectivity index is 1.21. The van der Waals surface area contributed by atoms with E-state index in [0.717, 1.165) is 33.5 Å². The number of hydrogen-bond acceptors (Lipinski definition) is 6. The third-order valence-corrected chi connectivity index (χ3v) is 6.56. The highest BCUT2D eigenvalue weighted by molar-refractivity contribution is 6.30. The highest BCUT2D eigenvalue weighted by atomic mass is 35.5. The molecule has 2 aliphatic rings. The number of fused-ring (bicyclic) bond motifs is 2. The summed E-state index contributed by atoms with van der Waals surface area (Å²) in [5.74, 6) is -1.16. The number of carbonyl (C=O) groups is 3. The molecule has 0 atom stereocenters. The largest absolute Gasteiger partial charge is 0.338 e. The van der Waals surface area contributed by atoms with Crippen LogP contribution >= 0.6 is 11.6 Å². The number of amides is 3. The molecule has 1 N–H and O–H groups in total. The fraction of sp³-hybridized carbons (Fsp3) is 0.250. The van der Waals surface area contributed by atoms with Crippen LogP contribution in [0.3, 0.4) is 0 Å². The molecule has 0 aliphatic carbocycles. The minimum Gasteiger partial charge on any atom is -0.338 e. The van der Waals surface area contributed by atoms with Crippen LogP contribution in [-0.2, 0) is 17.8 Å². The number of nitrogens with one attached hydrogen (secondary N) is 1. The monoisotopic (exact) mass is 493 g/mol. The molecule has 3 heterocycles. The van der Waals surface area contributed by atoms with Crippen LogP contribution in [-0.4, -0.2) is 55.7 Å². The summed E-state index contributed by atoms with van der Waals surface area (Å²) >= 11 is 6.12. The summed E-state index contributed by atoms with van der Waals surface area (Å²) in [5.41, 5.74) is 3.49. The van der Waals surface area contributed by atoms with E-state index >= 15 is 0 Å². The Bertz CT molecular complexity index is 1380. The Labute approximate surface area is 204 Å². The zero-order valence-electron chi connectivity index (χ0n) is 18.5. The van der Waals surface area contributed by atoms with Crippen LogP contribution < -0.4 is 0 Å². The average Bonchev–Trinajstić information content (AvgIpc) is 3.38. The van der Waals surface area contributed by atoms with Gasteiger partial charge >= 0.3 is 0 Å². The van der Waals surface area contributed by atoms with Crippen molar-refractivity contribution in [1.29, 1.82) is 0 Å². The van der Waals surface area contributed by atoms with Crippen molar-refractivity contribution in [3.05, 3.63) is 80.0 Å². The molecule has 3 aromatic rings. The van der Waals surface area contributed by atoms with Crippen molar-refractivity contribution >= 4 is 35.0 Å². The maximum absolute atomic E-state index is 12.9. The van der Waals surface area contributed by atoms with Crippen molar-refractivity contribution in [2.24, 2.45) is 0 Å². The van der Waals surface area contributed by atoms with Crippen molar-refractivity contribution in [3.8, 4) is 11.3 Å². The fourth-order valence-corrected chi connectivity index (χ4v) is 4.71. The number of carbonyl (C=O) groups excluding carboxylic acids is 3. The normalized spacial score (nSPS) is 14.8. The van der Waals surface area contributed by atoms with Gasteiger partial charge in [-0.15, -0.1) is 0 Å². The number of halogens is 1. The smallest absolute Gasteiger partial charge is 0.270 e. The standard InChI is InChI=1S/C24H20ClN5O5/c25-15-4-1-3-14(11-15)22-19-13-28(10-8-20(19)26-27-22)21(31)5-2-9-29-23(32)17-7-6-16(30(34)35)12-18(17)24(29)33/h1,3-4,6-7,11-12H,2,5,8-10,13H2,(H,26,27). The molecule has 11 heteroatoms. The van der Waals surface area contributed by atoms with E-state index in [2.05, 4.69) is 10.2 Å². The number of nitro benzene ring substituents is 1. The van der Waals surface area contributed by atoms with Crippen molar-refractivity contribution in [2.45, 2.75) is 25.8 Å². The van der Waals surface area contributed by atoms with Crippen molar-refractivity contribution in [3.63, 3.8) is 0 Å². The summed E-state index contributed by atoms with van der Waals surface area (Å²) in [5, 5.41) is 19.1. The van der Waals surface area contributed by atoms with Crippen LogP contribution in [0.15, 0.2) is 42.5 Å². The predicted octanol–water partition coefficient (Wildman–Crippen LogP) is 3.60. The summed E-state index contributed by atoms with van der Waals surface area (Å²) in [7, 11) is 0. The van der Waals surface area contributed by atoms with Crippen molar-refractivity contribution < 1.29 is 19.3 Å². The van der Waals surface area contributed by atoms with Gasteiger partial charge in [0.15, 0.2) is 0 Å². The van der Waals surface area contributed by atoms with Crippen LogP contribution in [0.4, 0.5) is 5.69 Å². The number of aromatic nitrogens is 2. The molecule has 5 rings (SSSR count). The van der Waals surface area contributed by atoms with E-state index in [1.54, 1.807) is 11.0 Å². The Morgan fingerprint density at radius 3 is 2.71 bits per heavy atom. The number of nitro groups is 1. The van der Waals surface area contributed by atoms with Crippen LogP contribution in [0.1, 0.15) is 44.8 Å². The molecule has 2 aliphatic heterocycles. The lowest BCUT2D eigenvalue weighted by Gasteiger charge is -2.27. The maximum Gasteiger partial charge on any atom is 0.270 e. The highest BCUT2D eigenvalue weighted by Crippen LogP contribution is 2.30. The topological polar surface area (TPSA) is 130 Å². The maximum atomic E-state index is 12.9. The van der Waals surface area contributed by atoms with Gasteiger partial charge in [0.2, 0.25) is 5.91 Å². The van der Waals surface area contributed by atoms with E-state index < -0.39 is 16.7 Å². The third kappa shape index (κ3) is 4.17. The highest BCUT2D eigenvalue weighted by Gasteiger charge is 2.36. The molecule has 2 aromatic carbocycles. The van der Waals surface area contributed by atoms with Crippen molar-refractivity contribution in [1.82, 2.24) is 20.0 Å². The van der Waals surface area contributed by atoms with Crippen molar-refractivity contribution in [2.75, 3.05) is 13.1 Å². The van der Waals surface area contributed by atoms with E-state index in [0.29, 0.717) is 31.0 Å². The minimum absolute atomic E-state index is 0.0209. The molecule has 3 amide bonds. The zero-order valence-corrected chi connectivity index (χ0v) is 19.2. The van der Waals surface area contributed by atoms with Gasteiger partial charge < -0.3 is 4.90 Å². The Morgan fingerprint density at radius 1 is 1.14 bits per heavy atom. The molecule has 10 nitrogen and oxygen atoms in total. The Morgan fingerprint density at radius 2 is 1.94 bits per heavy atom. The second-order valence-electron chi connectivity index (χ2n) is 8.46. The summed E-state index contributed by atoms with van der Waals surface area (Å²) in [4.78, 5) is 51.3. The first-order valence-corrected chi connectivity index (χ1v) is 11.5. The van der Waals surface area contributed by atoms with E-state index in [9.17, 15) is 24.5 Å². The number of hydrogen-bond donors (Lipinski definition) is 1. The van der Waals surface area contributed by atoms with E-state index in [1.165, 1.54) is 12.1 Å². The van der Waals surface area contributed by atoms with Gasteiger partial charge in [-0.25, -0.2) is 0 Å². The van der Waals surface area contributed by atoms with Gasteiger partial charge in [-0.1, -0.05) is 23.7 Å². The number of nitrogens with zero attached hydrogens (tertiary/aromatic N) is 4. The molecule has 0 saturated carbocycles. The van der Waals surface area contributed by atoms with Crippen LogP contribution in [0.25, 0.3) is 11.3 Å². The van der Waals surface area contributed by atoms with Gasteiger partial charge in [-0.3, -0.25) is 34.5 Å². The summed E-state index contributed by atoms with van der Waals surface area (Å²) < 4.78 is 0. The molecular weight excluding hydrogens is 474 g/mol. The second kappa shape index (κ2) is 8.95. The quantitative estimate of drug-likeness (QED) is 0.317. The SMILES string of the molecule is O=C(CCCN1C(=O)c2ccc([N+](=O)[O-])cc2C1=O)N1CCc2[nH]nc(-c3cccc(Cl)c3)c2C1. The molecule has 0 bridgehead atoms. The number of non-ortho nitro benzene ring substituents is 1. The first-order valence-electron chi connectivity index (χ1n) is 11.1. The molecule has 0 saturated heterocycles. The van der Waals surface area contributed by atoms with E-state index in [-0.39, 0.29) is 35.7 Å². The Hall–Kier alpha value is -4.05. The number of benzene rings is 2. The predicted molar refractivity (Wildman–Crippen MR) is 126 cm³/mol. The van der Waals surface area contributed by atoms with Crippen LogP contribution in [0, 0.1) is 10.1 Å². The first kappa shape index (κ1) is 22.7. The Kier molecular flexibility index (Phi) is 5.81. The molecule has 0 radical (unpaired) electrons. The average molecular weight is 494 g/mol. The molecule has 35 heavy (non-hydrogen) atoms. The lowest BCUT2D eigenvalue weighted by atomic mass is 10.0. The number of imide groups is 1. The van der Waals surface area contributed by atoms with Crippen LogP contribution in [0.2, 0.25) is 5.02 Å². The van der Waals surface area contributed by atoms with E-state index in [1.807, 2.05) is 18.2 Å². The summed E-state index contributed by atoms with van der Waals surface area (Å²) in [6, 6.07) is 11.0. The number of rotatable bonds is 6. The van der Waals surface area contributed by atoms with Gasteiger partial charge in [-0.05, 0) is 24.6 Å². The zero-order chi connectivity index (χ0) is 24.7. The molecule has 0 spiro atoms. The van der Waals surface area contributed by atoms with Gasteiger partial charge in [0.1, 0.15) is 0 Å². The lowest BCUT2D eigenvalue weighted by molar-refractivity contribution is -0.384. The lowest BCUT2D eigenvalue weighted by Crippen LogP contribution is -2.37. The molecular formula is C24H20ClN5O5. The minimum atomic E-state index is -0.610. The fourth-order valence-electron chi connectivity index (χ4n) is 4.52. The van der Waals surface area contributed by atoms with Gasteiger partial charge in [0, 0.05) is 66.5 Å². The van der Waals surface area contributed by atoms with Gasteiger partial charge in [0.25, 0.3) is 17.5 Å². The second-order valence-corrected chi connectivity index (χ2v) is 8.89. The molecule has 1 aromatic heterocycles. The summed E-state index contributed by atoms with van der Waals surface area (Å²) in [6.45, 7) is 1.01. The number of H-pyrrole nitrogens is 1. The first-order chi connectivity index (χ1) is 16.8. The third-order valence-electron chi connectivity index (χ3n) is 6.32. The number of aromatic amines is 1. The van der Waals surface area contributed by atoms with E-state index in [4.69, 9.17) is 11.6 Å². The molecule has 0 unspecified atom stereocenters. The van der Waals surface area contributed by atoms with Gasteiger partial charge in [0.05, 0.1) is 21.7 Å². The summed E-state index contributed by atoms with van der Waals surface area (Å²) in [6.07, 6.45) is 1.10.